The summed E-state index contributed by atoms with van der Waals surface area (Å²) in [6.45, 7) is 7.42. The third-order valence-electron chi connectivity index (χ3n) is 6.69. The van der Waals surface area contributed by atoms with E-state index in [4.69, 9.17) is 18.5 Å². The third-order valence-corrected chi connectivity index (χ3v) is 7.68. The molecule has 1 heterocycles. The number of phosphoric acid groups is 1. The standard InChI is InChI=1S/C29H45N4O10P/c1-6-19(2)28(33-27(36)15-23-16-31-26-10-8-7-9-25(23)26)29(37)30-12-14-41-44(38,39)42-18-24(32-21(4)34)17-40-13-11-20(3)43-22(5)35/h7-10,16,19-20,24,28,31H,6,11-15,17-18H2,1-5H3,(H,30,37)(H,32,34)(H,33,36)(H,38,39)/t19-,20+,24+,28-/m0/s1. The fourth-order valence-corrected chi connectivity index (χ4v) is 5.04. The minimum absolute atomic E-state index is 0.0224. The van der Waals surface area contributed by atoms with Crippen molar-refractivity contribution >= 4 is 42.4 Å². The number of nitrogens with one attached hydrogen (secondary N) is 4. The molecule has 3 amide bonds. The van der Waals surface area contributed by atoms with Crippen molar-refractivity contribution in [1.29, 1.82) is 0 Å². The minimum Gasteiger partial charge on any atom is -0.463 e. The van der Waals surface area contributed by atoms with Crippen LogP contribution in [0.25, 0.3) is 10.9 Å². The molecule has 0 spiro atoms. The average Bonchev–Trinajstić information content (AvgIpc) is 3.36. The number of ether oxygens (including phenoxy) is 2. The molecule has 5 N–H and O–H groups in total. The number of para-hydroxylation sites is 1. The lowest BCUT2D eigenvalue weighted by Crippen LogP contribution is -2.51. The molecule has 5 atom stereocenters. The van der Waals surface area contributed by atoms with E-state index in [0.29, 0.717) is 12.8 Å². The summed E-state index contributed by atoms with van der Waals surface area (Å²) in [7, 11) is -4.53. The van der Waals surface area contributed by atoms with Crippen LogP contribution in [0.3, 0.4) is 0 Å². The van der Waals surface area contributed by atoms with Gasteiger partial charge in [0.15, 0.2) is 0 Å². The molecule has 0 aliphatic rings. The predicted molar refractivity (Wildman–Crippen MR) is 162 cm³/mol. The Morgan fingerprint density at radius 1 is 1.02 bits per heavy atom. The Labute approximate surface area is 257 Å². The first-order valence-corrected chi connectivity index (χ1v) is 16.1. The Kier molecular flexibility index (Phi) is 15.5. The van der Waals surface area contributed by atoms with Gasteiger partial charge in [-0.2, -0.15) is 0 Å². The number of phosphoric ester groups is 1. The van der Waals surface area contributed by atoms with Crippen molar-refractivity contribution in [2.45, 2.75) is 72.1 Å². The molecule has 0 saturated carbocycles. The number of hydrogen-bond acceptors (Lipinski definition) is 9. The first-order valence-electron chi connectivity index (χ1n) is 14.6. The van der Waals surface area contributed by atoms with Gasteiger partial charge in [0.25, 0.3) is 0 Å². The first kappa shape index (κ1) is 36.9. The number of esters is 1. The lowest BCUT2D eigenvalue weighted by atomic mass is 9.98. The summed E-state index contributed by atoms with van der Waals surface area (Å²) in [5.41, 5.74) is 1.73. The van der Waals surface area contributed by atoms with Gasteiger partial charge in [-0.3, -0.25) is 28.2 Å². The normalized spacial score (nSPS) is 15.4. The molecule has 44 heavy (non-hydrogen) atoms. The SMILES string of the molecule is CC[C@H](C)[C@H](NC(=O)Cc1c[nH]c2ccccc12)C(=O)NCCOP(=O)(O)OC[C@@H](COCC[C@@H](C)OC(C)=O)NC(C)=O. The van der Waals surface area contributed by atoms with E-state index in [1.54, 1.807) is 13.1 Å². The molecule has 0 saturated heterocycles. The van der Waals surface area contributed by atoms with E-state index in [1.807, 2.05) is 38.1 Å². The fourth-order valence-electron chi connectivity index (χ4n) is 4.28. The van der Waals surface area contributed by atoms with Gasteiger partial charge in [-0.1, -0.05) is 38.5 Å². The summed E-state index contributed by atoms with van der Waals surface area (Å²) in [5.74, 6) is -1.73. The molecule has 2 aromatic rings. The van der Waals surface area contributed by atoms with Crippen LogP contribution in [0.1, 0.15) is 53.0 Å². The van der Waals surface area contributed by atoms with Crippen molar-refractivity contribution in [2.75, 3.05) is 33.0 Å². The molecule has 14 nitrogen and oxygen atoms in total. The Balaban J connectivity index is 1.79. The van der Waals surface area contributed by atoms with Crippen LogP contribution in [0.15, 0.2) is 30.5 Å². The maximum atomic E-state index is 12.9. The highest BCUT2D eigenvalue weighted by Crippen LogP contribution is 2.42. The van der Waals surface area contributed by atoms with E-state index in [9.17, 15) is 28.6 Å². The van der Waals surface area contributed by atoms with Gasteiger partial charge < -0.3 is 35.3 Å². The number of aromatic amines is 1. The highest BCUT2D eigenvalue weighted by molar-refractivity contribution is 7.47. The van der Waals surface area contributed by atoms with Crippen molar-refractivity contribution in [2.24, 2.45) is 5.92 Å². The second-order valence-corrected chi connectivity index (χ2v) is 12.0. The van der Waals surface area contributed by atoms with E-state index in [1.165, 1.54) is 13.8 Å². The number of hydrogen-bond donors (Lipinski definition) is 5. The molecule has 15 heteroatoms. The van der Waals surface area contributed by atoms with Crippen LogP contribution < -0.4 is 16.0 Å². The van der Waals surface area contributed by atoms with Crippen molar-refractivity contribution < 1.29 is 47.2 Å². The molecule has 0 bridgehead atoms. The molecular weight excluding hydrogens is 595 g/mol. The third kappa shape index (κ3) is 13.6. The largest absolute Gasteiger partial charge is 0.472 e. The molecule has 1 unspecified atom stereocenters. The summed E-state index contributed by atoms with van der Waals surface area (Å²) in [6.07, 6.45) is 2.57. The summed E-state index contributed by atoms with van der Waals surface area (Å²) < 4.78 is 32.9. The zero-order valence-electron chi connectivity index (χ0n) is 25.9. The summed E-state index contributed by atoms with van der Waals surface area (Å²) in [6, 6.07) is 6.06. The van der Waals surface area contributed by atoms with Crippen molar-refractivity contribution in [3.05, 3.63) is 36.0 Å². The molecule has 0 fully saturated rings. The highest BCUT2D eigenvalue weighted by Gasteiger charge is 2.27. The van der Waals surface area contributed by atoms with E-state index >= 15 is 0 Å². The topological polar surface area (TPSA) is 194 Å². The maximum absolute atomic E-state index is 12.9. The smallest absolute Gasteiger partial charge is 0.463 e. The van der Waals surface area contributed by atoms with Crippen LogP contribution in [0.5, 0.6) is 0 Å². The quantitative estimate of drug-likeness (QED) is 0.0815. The van der Waals surface area contributed by atoms with Crippen LogP contribution in [-0.4, -0.2) is 84.7 Å². The Morgan fingerprint density at radius 3 is 2.43 bits per heavy atom. The fraction of sp³-hybridized carbons (Fsp3) is 0.586. The summed E-state index contributed by atoms with van der Waals surface area (Å²) >= 11 is 0. The van der Waals surface area contributed by atoms with E-state index in [0.717, 1.165) is 16.5 Å². The van der Waals surface area contributed by atoms with Crippen molar-refractivity contribution in [1.82, 2.24) is 20.9 Å². The first-order chi connectivity index (χ1) is 20.8. The molecule has 0 radical (unpaired) electrons. The van der Waals surface area contributed by atoms with Crippen LogP contribution in [-0.2, 0) is 48.7 Å². The zero-order valence-corrected chi connectivity index (χ0v) is 26.8. The van der Waals surface area contributed by atoms with Gasteiger partial charge in [-0.05, 0) is 24.5 Å². The average molecular weight is 641 g/mol. The number of H-pyrrole nitrogens is 1. The second-order valence-electron chi connectivity index (χ2n) is 10.5. The number of amides is 3. The molecule has 1 aromatic heterocycles. The van der Waals surface area contributed by atoms with Gasteiger partial charge in [-0.15, -0.1) is 0 Å². The number of carbonyl (C=O) groups is 4. The highest BCUT2D eigenvalue weighted by atomic mass is 31.2. The van der Waals surface area contributed by atoms with Gasteiger partial charge in [0.05, 0.1) is 38.9 Å². The van der Waals surface area contributed by atoms with Gasteiger partial charge in [-0.25, -0.2) is 4.57 Å². The Morgan fingerprint density at radius 2 is 1.75 bits per heavy atom. The van der Waals surface area contributed by atoms with E-state index in [2.05, 4.69) is 20.9 Å². The Bertz CT molecular complexity index is 1290. The lowest BCUT2D eigenvalue weighted by Gasteiger charge is -2.24. The number of aromatic nitrogens is 1. The number of rotatable bonds is 20. The lowest BCUT2D eigenvalue weighted by molar-refractivity contribution is -0.146. The minimum atomic E-state index is -4.53. The maximum Gasteiger partial charge on any atom is 0.472 e. The second kappa shape index (κ2) is 18.5. The van der Waals surface area contributed by atoms with Gasteiger partial charge >= 0.3 is 13.8 Å². The summed E-state index contributed by atoms with van der Waals surface area (Å²) in [5, 5.41) is 8.94. The van der Waals surface area contributed by atoms with Crippen molar-refractivity contribution in [3.63, 3.8) is 0 Å². The van der Waals surface area contributed by atoms with Gasteiger partial charge in [0.2, 0.25) is 17.7 Å². The van der Waals surface area contributed by atoms with Gasteiger partial charge in [0, 0.05) is 43.9 Å². The van der Waals surface area contributed by atoms with Gasteiger partial charge in [0.1, 0.15) is 12.1 Å². The van der Waals surface area contributed by atoms with E-state index in [-0.39, 0.29) is 57.3 Å². The molecule has 246 valence electrons. The monoisotopic (exact) mass is 640 g/mol. The Hall–Kier alpha value is -3.29. The summed E-state index contributed by atoms with van der Waals surface area (Å²) in [4.78, 5) is 61.5. The number of benzene rings is 1. The molecule has 1 aromatic carbocycles. The molecule has 0 aliphatic heterocycles. The number of carbonyl (C=O) groups excluding carboxylic acids is 4. The van der Waals surface area contributed by atoms with Crippen LogP contribution in [0.2, 0.25) is 0 Å². The molecular formula is C29H45N4O10P. The van der Waals surface area contributed by atoms with E-state index < -0.39 is 37.7 Å². The predicted octanol–water partition coefficient (Wildman–Crippen LogP) is 2.35. The zero-order chi connectivity index (χ0) is 32.7. The van der Waals surface area contributed by atoms with Crippen molar-refractivity contribution in [3.8, 4) is 0 Å². The van der Waals surface area contributed by atoms with Crippen LogP contribution in [0.4, 0.5) is 0 Å². The number of fused-ring (bicyclic) bond motifs is 1. The van der Waals surface area contributed by atoms with Crippen LogP contribution >= 0.6 is 7.82 Å². The molecule has 2 rings (SSSR count). The van der Waals surface area contributed by atoms with Crippen LogP contribution in [0, 0.1) is 5.92 Å². The molecule has 0 aliphatic carbocycles.